The number of aliphatic hydroxyl groups excluding tert-OH is 1. The molecule has 122 valence electrons. The molecule has 2 aromatic rings. The summed E-state index contributed by atoms with van der Waals surface area (Å²) in [6, 6.07) is 6.79. The molecule has 1 aliphatic heterocycles. The molecule has 2 heterocycles. The average molecular weight is 335 g/mol. The second kappa shape index (κ2) is 7.45. The highest BCUT2D eigenvalue weighted by Crippen LogP contribution is 2.40. The first-order chi connectivity index (χ1) is 11.0. The molecule has 6 nitrogen and oxygen atoms in total. The SMILES string of the molecule is Cc1ccc2c(c1)-c1oc(C(=O)[O-])cc(=O)c1CS2.[NH3+]CCO. The van der Waals surface area contributed by atoms with Crippen LogP contribution in [0.5, 0.6) is 0 Å². The van der Waals surface area contributed by atoms with E-state index in [9.17, 15) is 14.7 Å². The van der Waals surface area contributed by atoms with Crippen LogP contribution in [0.15, 0.2) is 38.4 Å². The smallest absolute Gasteiger partial charge is 0.190 e. The third-order valence-electron chi connectivity index (χ3n) is 3.16. The first kappa shape index (κ1) is 17.3. The zero-order valence-corrected chi connectivity index (χ0v) is 13.4. The Labute approximate surface area is 136 Å². The van der Waals surface area contributed by atoms with Gasteiger partial charge in [0.25, 0.3) is 0 Å². The summed E-state index contributed by atoms with van der Waals surface area (Å²) in [5.74, 6) is -1.07. The molecule has 0 fully saturated rings. The minimum absolute atomic E-state index is 0.208. The standard InChI is InChI=1S/C14H10O4S.C2H7NO/c1-7-2-3-12-8(4-7)13-9(6-19-12)10(15)5-11(18-13)14(16)17;3-1-2-4/h2-5H,6H2,1H3,(H,16,17);4H,1-3H2. The van der Waals surface area contributed by atoms with E-state index in [1.165, 1.54) is 0 Å². The van der Waals surface area contributed by atoms with E-state index in [2.05, 4.69) is 5.73 Å². The van der Waals surface area contributed by atoms with Gasteiger partial charge >= 0.3 is 0 Å². The Morgan fingerprint density at radius 2 is 2.13 bits per heavy atom. The zero-order chi connectivity index (χ0) is 17.0. The van der Waals surface area contributed by atoms with Gasteiger partial charge in [-0.1, -0.05) is 11.6 Å². The van der Waals surface area contributed by atoms with E-state index in [-0.39, 0.29) is 12.0 Å². The third kappa shape index (κ3) is 3.82. The van der Waals surface area contributed by atoms with Crippen molar-refractivity contribution in [2.24, 2.45) is 0 Å². The fourth-order valence-corrected chi connectivity index (χ4v) is 3.12. The topological polar surface area (TPSA) is 118 Å². The summed E-state index contributed by atoms with van der Waals surface area (Å²) < 4.78 is 5.35. The molecule has 0 radical (unpaired) electrons. The summed E-state index contributed by atoms with van der Waals surface area (Å²) in [6.45, 7) is 2.76. The second-order valence-electron chi connectivity index (χ2n) is 4.94. The fourth-order valence-electron chi connectivity index (χ4n) is 2.07. The lowest BCUT2D eigenvalue weighted by molar-refractivity contribution is -0.372. The van der Waals surface area contributed by atoms with Crippen molar-refractivity contribution in [1.82, 2.24) is 0 Å². The maximum absolute atomic E-state index is 11.9. The first-order valence-electron chi connectivity index (χ1n) is 7.00. The van der Waals surface area contributed by atoms with E-state index in [4.69, 9.17) is 9.52 Å². The van der Waals surface area contributed by atoms with Crippen molar-refractivity contribution in [2.75, 3.05) is 13.2 Å². The molecule has 3 rings (SSSR count). The van der Waals surface area contributed by atoms with Gasteiger partial charge in [-0.2, -0.15) is 0 Å². The van der Waals surface area contributed by atoms with Crippen molar-refractivity contribution in [2.45, 2.75) is 17.6 Å². The number of carbonyl (C=O) groups excluding carboxylic acids is 1. The fraction of sp³-hybridized carbons (Fsp3) is 0.250. The number of aromatic carboxylic acids is 1. The van der Waals surface area contributed by atoms with Gasteiger partial charge in [-0.3, -0.25) is 4.79 Å². The van der Waals surface area contributed by atoms with Gasteiger partial charge in [0.2, 0.25) is 0 Å². The number of hydrogen-bond acceptors (Lipinski definition) is 6. The molecule has 0 spiro atoms. The molecule has 0 amide bonds. The molecule has 0 atom stereocenters. The van der Waals surface area contributed by atoms with Gasteiger partial charge in [0.1, 0.15) is 11.7 Å². The number of quaternary nitrogens is 1. The Hall–Kier alpha value is -2.09. The molecule has 0 bridgehead atoms. The van der Waals surface area contributed by atoms with Gasteiger partial charge in [0.05, 0.1) is 18.7 Å². The molecule has 0 saturated heterocycles. The van der Waals surface area contributed by atoms with Crippen LogP contribution in [-0.4, -0.2) is 24.2 Å². The van der Waals surface area contributed by atoms with Crippen LogP contribution in [0.1, 0.15) is 21.7 Å². The zero-order valence-electron chi connectivity index (χ0n) is 12.6. The molecule has 0 aliphatic carbocycles. The quantitative estimate of drug-likeness (QED) is 0.785. The Morgan fingerprint density at radius 3 is 2.74 bits per heavy atom. The minimum atomic E-state index is -1.48. The van der Waals surface area contributed by atoms with Crippen molar-refractivity contribution in [3.05, 3.63) is 51.4 Å². The van der Waals surface area contributed by atoms with Crippen LogP contribution < -0.4 is 16.3 Å². The Bertz CT molecular complexity index is 783. The lowest BCUT2D eigenvalue weighted by Gasteiger charge is -2.18. The van der Waals surface area contributed by atoms with Crippen LogP contribution >= 0.6 is 11.8 Å². The number of thioether (sulfide) groups is 1. The highest BCUT2D eigenvalue weighted by molar-refractivity contribution is 7.98. The molecule has 4 N–H and O–H groups in total. The molecular weight excluding hydrogens is 318 g/mol. The first-order valence-corrected chi connectivity index (χ1v) is 7.98. The number of aliphatic hydroxyl groups is 1. The van der Waals surface area contributed by atoms with E-state index >= 15 is 0 Å². The van der Waals surface area contributed by atoms with Gasteiger partial charge in [0, 0.05) is 22.3 Å². The maximum atomic E-state index is 11.9. The summed E-state index contributed by atoms with van der Waals surface area (Å²) in [5.41, 5.74) is 5.33. The predicted molar refractivity (Wildman–Crippen MR) is 83.9 cm³/mol. The van der Waals surface area contributed by atoms with Gasteiger partial charge in [-0.25, -0.2) is 0 Å². The molecular formula is C16H17NO5S. The lowest BCUT2D eigenvalue weighted by Crippen LogP contribution is -2.51. The van der Waals surface area contributed by atoms with E-state index in [0.29, 0.717) is 23.6 Å². The van der Waals surface area contributed by atoms with Gasteiger partial charge < -0.3 is 25.2 Å². The number of carbonyl (C=O) groups is 1. The van der Waals surface area contributed by atoms with E-state index in [0.717, 1.165) is 22.1 Å². The highest BCUT2D eigenvalue weighted by Gasteiger charge is 2.22. The summed E-state index contributed by atoms with van der Waals surface area (Å²) >= 11 is 1.55. The molecule has 1 aliphatic rings. The summed E-state index contributed by atoms with van der Waals surface area (Å²) in [7, 11) is 0. The maximum Gasteiger partial charge on any atom is 0.190 e. The molecule has 1 aromatic heterocycles. The number of fused-ring (bicyclic) bond motifs is 3. The molecule has 23 heavy (non-hydrogen) atoms. The predicted octanol–water partition coefficient (Wildman–Crippen LogP) is -0.195. The van der Waals surface area contributed by atoms with Crippen molar-refractivity contribution in [3.63, 3.8) is 0 Å². The normalized spacial score (nSPS) is 11.8. The van der Waals surface area contributed by atoms with Crippen LogP contribution in [0.25, 0.3) is 11.3 Å². The number of aryl methyl sites for hydroxylation is 1. The Morgan fingerprint density at radius 1 is 1.43 bits per heavy atom. The van der Waals surface area contributed by atoms with Crippen LogP contribution in [0.4, 0.5) is 0 Å². The van der Waals surface area contributed by atoms with Crippen molar-refractivity contribution >= 4 is 17.7 Å². The molecule has 0 saturated carbocycles. The number of rotatable bonds is 2. The third-order valence-corrected chi connectivity index (χ3v) is 4.26. The molecule has 0 unspecified atom stereocenters. The number of carboxylic acids is 1. The van der Waals surface area contributed by atoms with Crippen molar-refractivity contribution in [3.8, 4) is 11.3 Å². The largest absolute Gasteiger partial charge is 0.542 e. The average Bonchev–Trinajstić information content (AvgIpc) is 2.54. The summed E-state index contributed by atoms with van der Waals surface area (Å²) in [6.07, 6.45) is 0. The minimum Gasteiger partial charge on any atom is -0.542 e. The Balaban J connectivity index is 0.000000433. The number of benzene rings is 1. The second-order valence-corrected chi connectivity index (χ2v) is 5.95. The van der Waals surface area contributed by atoms with Crippen LogP contribution in [0.2, 0.25) is 0 Å². The Kier molecular flexibility index (Phi) is 5.59. The van der Waals surface area contributed by atoms with Crippen LogP contribution in [0.3, 0.4) is 0 Å². The summed E-state index contributed by atoms with van der Waals surface area (Å²) in [5, 5.41) is 18.7. The highest BCUT2D eigenvalue weighted by atomic mass is 32.2. The van der Waals surface area contributed by atoms with Crippen molar-refractivity contribution < 1.29 is 25.2 Å². The van der Waals surface area contributed by atoms with Crippen LogP contribution in [0, 0.1) is 6.92 Å². The van der Waals surface area contributed by atoms with Gasteiger partial charge in [-0.15, -0.1) is 11.8 Å². The van der Waals surface area contributed by atoms with Crippen molar-refractivity contribution in [1.29, 1.82) is 0 Å². The summed E-state index contributed by atoms with van der Waals surface area (Å²) in [4.78, 5) is 23.8. The van der Waals surface area contributed by atoms with E-state index in [1.54, 1.807) is 11.8 Å². The lowest BCUT2D eigenvalue weighted by atomic mass is 10.0. The van der Waals surface area contributed by atoms with E-state index < -0.39 is 11.7 Å². The monoisotopic (exact) mass is 335 g/mol. The van der Waals surface area contributed by atoms with E-state index in [1.807, 2.05) is 25.1 Å². The number of hydrogen-bond donors (Lipinski definition) is 2. The molecule has 7 heteroatoms. The van der Waals surface area contributed by atoms with Gasteiger partial charge in [0.15, 0.2) is 11.2 Å². The number of carboxylic acid groups (broad SMARTS) is 1. The molecule has 1 aromatic carbocycles. The van der Waals surface area contributed by atoms with Crippen LogP contribution in [-0.2, 0) is 5.75 Å². The van der Waals surface area contributed by atoms with Gasteiger partial charge in [-0.05, 0) is 19.1 Å².